The summed E-state index contributed by atoms with van der Waals surface area (Å²) in [5.74, 6) is 0.124. The lowest BCUT2D eigenvalue weighted by Gasteiger charge is -2.29. The maximum atomic E-state index is 12.8. The Balaban J connectivity index is 2.76. The number of benzene rings is 1. The van der Waals surface area contributed by atoms with E-state index in [-0.39, 0.29) is 18.1 Å². The van der Waals surface area contributed by atoms with Gasteiger partial charge in [0.1, 0.15) is 23.2 Å². The van der Waals surface area contributed by atoms with Crippen molar-refractivity contribution in [2.24, 2.45) is 5.73 Å². The molecule has 0 radical (unpaired) electrons. The van der Waals surface area contributed by atoms with Crippen molar-refractivity contribution in [3.63, 3.8) is 0 Å². The average Bonchev–Trinajstić information content (AvgIpc) is 2.64. The maximum absolute atomic E-state index is 12.8. The highest BCUT2D eigenvalue weighted by atomic mass is 16.5. The van der Waals surface area contributed by atoms with Crippen molar-refractivity contribution in [3.05, 3.63) is 51.6 Å². The minimum atomic E-state index is -0.631. The molecular formula is C21H26N2O4. The van der Waals surface area contributed by atoms with Crippen molar-refractivity contribution in [1.29, 1.82) is 5.26 Å². The Morgan fingerprint density at radius 2 is 2.00 bits per heavy atom. The van der Waals surface area contributed by atoms with Gasteiger partial charge in [0.15, 0.2) is 0 Å². The quantitative estimate of drug-likeness (QED) is 0.767. The van der Waals surface area contributed by atoms with E-state index in [4.69, 9.17) is 19.9 Å². The zero-order valence-electron chi connectivity index (χ0n) is 16.5. The minimum absolute atomic E-state index is 0.0341. The molecule has 1 aromatic carbocycles. The molecule has 6 nitrogen and oxygen atoms in total. The van der Waals surface area contributed by atoms with Crippen LogP contribution in [0.4, 0.5) is 0 Å². The number of nitrogens with two attached hydrogens (primary N) is 1. The van der Waals surface area contributed by atoms with Gasteiger partial charge in [-0.25, -0.2) is 4.79 Å². The minimum Gasteiger partial charge on any atom is -0.496 e. The largest absolute Gasteiger partial charge is 0.496 e. The number of ether oxygens (including phenoxy) is 3. The lowest BCUT2D eigenvalue weighted by atomic mass is 9.79. The van der Waals surface area contributed by atoms with Gasteiger partial charge in [0, 0.05) is 6.42 Å². The highest BCUT2D eigenvalue weighted by Gasteiger charge is 2.38. The van der Waals surface area contributed by atoms with Gasteiger partial charge in [-0.05, 0) is 49.9 Å². The third-order valence-corrected chi connectivity index (χ3v) is 4.78. The lowest BCUT2D eigenvalue weighted by Crippen LogP contribution is -2.27. The van der Waals surface area contributed by atoms with Crippen LogP contribution in [0, 0.1) is 25.2 Å². The molecule has 1 aliphatic rings. The van der Waals surface area contributed by atoms with Crippen molar-refractivity contribution in [2.75, 3.05) is 13.7 Å². The average molecular weight is 370 g/mol. The molecule has 144 valence electrons. The van der Waals surface area contributed by atoms with Crippen LogP contribution < -0.4 is 10.5 Å². The summed E-state index contributed by atoms with van der Waals surface area (Å²) in [6.07, 6.45) is 1.29. The van der Waals surface area contributed by atoms with Crippen molar-refractivity contribution in [2.45, 2.75) is 46.5 Å². The predicted molar refractivity (Wildman–Crippen MR) is 102 cm³/mol. The number of carbonyl (C=O) groups excluding carboxylic acids is 1. The van der Waals surface area contributed by atoms with E-state index in [1.807, 2.05) is 32.9 Å². The molecule has 6 heteroatoms. The van der Waals surface area contributed by atoms with Crippen molar-refractivity contribution < 1.29 is 19.0 Å². The van der Waals surface area contributed by atoms with E-state index in [2.05, 4.69) is 6.07 Å². The standard InChI is InChI=1S/C21H26N2O4/c1-6-8-17-19(21(24)26-7-2)18(15(11-22)20(23)27-17)14-9-10-16(25-5)13(4)12(14)3/h9-10,18H,6-8,23H2,1-5H3/t18-/m0/s1. The van der Waals surface area contributed by atoms with Gasteiger partial charge in [0.05, 0.1) is 25.2 Å². The normalized spacial score (nSPS) is 16.7. The van der Waals surface area contributed by atoms with Crippen LogP contribution in [-0.4, -0.2) is 19.7 Å². The number of methoxy groups -OCH3 is 1. The fraction of sp³-hybridized carbons (Fsp3) is 0.429. The van der Waals surface area contributed by atoms with Gasteiger partial charge in [-0.2, -0.15) is 5.26 Å². The number of rotatable bonds is 6. The fourth-order valence-electron chi connectivity index (χ4n) is 3.32. The zero-order chi connectivity index (χ0) is 20.1. The summed E-state index contributed by atoms with van der Waals surface area (Å²) >= 11 is 0. The molecule has 1 atom stereocenters. The number of nitrogens with zero attached hydrogens (tertiary/aromatic N) is 1. The third-order valence-electron chi connectivity index (χ3n) is 4.78. The number of esters is 1. The van der Waals surface area contributed by atoms with E-state index < -0.39 is 11.9 Å². The molecule has 27 heavy (non-hydrogen) atoms. The Morgan fingerprint density at radius 3 is 2.56 bits per heavy atom. The van der Waals surface area contributed by atoms with E-state index in [0.717, 1.165) is 28.9 Å². The Kier molecular flexibility index (Phi) is 6.51. The molecule has 0 unspecified atom stereocenters. The summed E-state index contributed by atoms with van der Waals surface area (Å²) < 4.78 is 16.3. The second-order valence-electron chi connectivity index (χ2n) is 6.34. The first-order valence-corrected chi connectivity index (χ1v) is 9.02. The van der Waals surface area contributed by atoms with E-state index in [1.165, 1.54) is 0 Å². The summed E-state index contributed by atoms with van der Waals surface area (Å²) in [4.78, 5) is 12.8. The van der Waals surface area contributed by atoms with Crippen LogP contribution in [0.15, 0.2) is 34.9 Å². The van der Waals surface area contributed by atoms with Crippen LogP contribution in [0.2, 0.25) is 0 Å². The Labute approximate surface area is 160 Å². The van der Waals surface area contributed by atoms with Crippen LogP contribution >= 0.6 is 0 Å². The second-order valence-corrected chi connectivity index (χ2v) is 6.34. The molecule has 1 aromatic rings. The molecule has 0 aliphatic carbocycles. The van der Waals surface area contributed by atoms with Gasteiger partial charge in [0.25, 0.3) is 0 Å². The van der Waals surface area contributed by atoms with E-state index in [0.29, 0.717) is 17.8 Å². The van der Waals surface area contributed by atoms with Crippen molar-refractivity contribution in [3.8, 4) is 11.8 Å². The maximum Gasteiger partial charge on any atom is 0.338 e. The Morgan fingerprint density at radius 1 is 1.30 bits per heavy atom. The molecule has 0 aromatic heterocycles. The molecule has 0 amide bonds. The molecule has 0 spiro atoms. The topological polar surface area (TPSA) is 94.6 Å². The van der Waals surface area contributed by atoms with Crippen LogP contribution in [0.3, 0.4) is 0 Å². The van der Waals surface area contributed by atoms with E-state index in [9.17, 15) is 10.1 Å². The highest BCUT2D eigenvalue weighted by Crippen LogP contribution is 2.43. The summed E-state index contributed by atoms with van der Waals surface area (Å²) in [6.45, 7) is 7.84. The molecule has 1 aliphatic heterocycles. The fourth-order valence-corrected chi connectivity index (χ4v) is 3.32. The van der Waals surface area contributed by atoms with Crippen LogP contribution in [0.1, 0.15) is 49.3 Å². The van der Waals surface area contributed by atoms with Crippen LogP contribution in [-0.2, 0) is 14.3 Å². The molecule has 1 heterocycles. The van der Waals surface area contributed by atoms with E-state index >= 15 is 0 Å². The van der Waals surface area contributed by atoms with Crippen LogP contribution in [0.5, 0.6) is 5.75 Å². The summed E-state index contributed by atoms with van der Waals surface area (Å²) in [6, 6.07) is 5.82. The molecule has 0 bridgehead atoms. The summed E-state index contributed by atoms with van der Waals surface area (Å²) in [5.41, 5.74) is 9.29. The zero-order valence-corrected chi connectivity index (χ0v) is 16.5. The molecular weight excluding hydrogens is 344 g/mol. The molecule has 0 fully saturated rings. The molecule has 2 rings (SSSR count). The lowest BCUT2D eigenvalue weighted by molar-refractivity contribution is -0.139. The second kappa shape index (κ2) is 8.63. The number of nitriles is 1. The number of carbonyl (C=O) groups is 1. The summed E-state index contributed by atoms with van der Waals surface area (Å²) in [7, 11) is 1.61. The van der Waals surface area contributed by atoms with E-state index in [1.54, 1.807) is 14.0 Å². The molecule has 0 saturated heterocycles. The van der Waals surface area contributed by atoms with Gasteiger partial charge in [-0.3, -0.25) is 0 Å². The predicted octanol–water partition coefficient (Wildman–Crippen LogP) is 3.74. The molecule has 2 N–H and O–H groups in total. The first-order chi connectivity index (χ1) is 12.9. The number of hydrogen-bond acceptors (Lipinski definition) is 6. The van der Waals surface area contributed by atoms with Gasteiger partial charge < -0.3 is 19.9 Å². The third kappa shape index (κ3) is 3.77. The Bertz CT molecular complexity index is 846. The highest BCUT2D eigenvalue weighted by molar-refractivity contribution is 5.92. The van der Waals surface area contributed by atoms with Gasteiger partial charge in [0.2, 0.25) is 5.88 Å². The van der Waals surface area contributed by atoms with Gasteiger partial charge >= 0.3 is 5.97 Å². The number of hydrogen-bond donors (Lipinski definition) is 1. The summed E-state index contributed by atoms with van der Waals surface area (Å²) in [5, 5.41) is 9.73. The monoisotopic (exact) mass is 370 g/mol. The molecule has 0 saturated carbocycles. The van der Waals surface area contributed by atoms with Gasteiger partial charge in [-0.15, -0.1) is 0 Å². The van der Waals surface area contributed by atoms with Gasteiger partial charge in [-0.1, -0.05) is 13.0 Å². The van der Waals surface area contributed by atoms with Crippen molar-refractivity contribution in [1.82, 2.24) is 0 Å². The first-order valence-electron chi connectivity index (χ1n) is 9.02. The Hall–Kier alpha value is -2.94. The smallest absolute Gasteiger partial charge is 0.338 e. The number of allylic oxidation sites excluding steroid dienone is 2. The first kappa shape index (κ1) is 20.4. The SMILES string of the molecule is CCCC1=C(C(=O)OCC)[C@@H](c2ccc(OC)c(C)c2C)C(C#N)=C(N)O1. The van der Waals surface area contributed by atoms with Crippen LogP contribution in [0.25, 0.3) is 0 Å². The van der Waals surface area contributed by atoms with Crippen molar-refractivity contribution >= 4 is 5.97 Å².